The molecule has 2 aromatic rings. The molecule has 1 radical (unpaired) electrons. The van der Waals surface area contributed by atoms with Crippen LogP contribution in [-0.2, 0) is 21.2 Å². The van der Waals surface area contributed by atoms with Gasteiger partial charge in [-0.25, -0.2) is 4.79 Å². The monoisotopic (exact) mass is 356 g/mol. The summed E-state index contributed by atoms with van der Waals surface area (Å²) >= 11 is 0. The zero-order valence-electron chi connectivity index (χ0n) is 14.3. The summed E-state index contributed by atoms with van der Waals surface area (Å²) in [6.45, 7) is 0.554. The highest BCUT2D eigenvalue weighted by molar-refractivity contribution is 5.94. The van der Waals surface area contributed by atoms with Gasteiger partial charge in [0.15, 0.2) is 5.75 Å². The van der Waals surface area contributed by atoms with Gasteiger partial charge in [0.1, 0.15) is 6.61 Å². The molecule has 0 bridgehead atoms. The standard InChI is InChI=1S/C19H22N3O4/c20-17(18(24)22-15-8-4-9-16(23)12-15)10-5-11-21-19(25)26-13-14-6-2-1-3-7-14/h1-4,6-9,12,17H,5,10-11,13,20H2,(H,21,25)(H,22,24)/t17-/m0/s1. The number of amides is 2. The third-order valence-corrected chi connectivity index (χ3v) is 3.61. The van der Waals surface area contributed by atoms with E-state index in [1.807, 2.05) is 30.3 Å². The number of hydrogen-bond acceptors (Lipinski definition) is 4. The van der Waals surface area contributed by atoms with Crippen LogP contribution in [0.4, 0.5) is 10.5 Å². The predicted molar refractivity (Wildman–Crippen MR) is 97.0 cm³/mol. The summed E-state index contributed by atoms with van der Waals surface area (Å²) in [6.07, 6.45) is 0.400. The fraction of sp³-hybridized carbons (Fsp3) is 0.263. The van der Waals surface area contributed by atoms with Gasteiger partial charge in [0.2, 0.25) is 5.91 Å². The van der Waals surface area contributed by atoms with Crippen molar-refractivity contribution in [2.75, 3.05) is 11.9 Å². The van der Waals surface area contributed by atoms with Crippen LogP contribution in [0.5, 0.6) is 5.75 Å². The Bertz CT molecular complexity index is 722. The summed E-state index contributed by atoms with van der Waals surface area (Å²) in [7, 11) is 0. The number of nitrogens with two attached hydrogens (primary N) is 1. The highest BCUT2D eigenvalue weighted by Crippen LogP contribution is 2.16. The van der Waals surface area contributed by atoms with Crippen molar-refractivity contribution in [1.82, 2.24) is 5.32 Å². The van der Waals surface area contributed by atoms with Crippen molar-refractivity contribution in [3.8, 4) is 5.75 Å². The number of alkyl carbamates (subject to hydrolysis) is 1. The molecule has 0 aliphatic rings. The first-order valence-corrected chi connectivity index (χ1v) is 8.32. The molecule has 2 amide bonds. The molecule has 0 saturated carbocycles. The molecule has 4 N–H and O–H groups in total. The third kappa shape index (κ3) is 6.82. The van der Waals surface area contributed by atoms with Gasteiger partial charge in [-0.2, -0.15) is 0 Å². The first kappa shape index (κ1) is 19.3. The molecule has 2 aromatic carbocycles. The highest BCUT2D eigenvalue weighted by atomic mass is 16.5. The summed E-state index contributed by atoms with van der Waals surface area (Å²) in [5.74, 6) is -0.558. The molecule has 7 nitrogen and oxygen atoms in total. The molecule has 0 heterocycles. The van der Waals surface area contributed by atoms with E-state index in [9.17, 15) is 14.7 Å². The van der Waals surface area contributed by atoms with Crippen LogP contribution in [0.2, 0.25) is 0 Å². The maximum absolute atomic E-state index is 12.0. The fourth-order valence-corrected chi connectivity index (χ4v) is 2.23. The number of ether oxygens (including phenoxy) is 1. The molecule has 0 aromatic heterocycles. The Morgan fingerprint density at radius 2 is 1.85 bits per heavy atom. The average Bonchev–Trinajstić information content (AvgIpc) is 2.64. The van der Waals surface area contributed by atoms with E-state index in [0.29, 0.717) is 25.1 Å². The van der Waals surface area contributed by atoms with Crippen molar-refractivity contribution < 1.29 is 19.4 Å². The van der Waals surface area contributed by atoms with Gasteiger partial charge in [-0.3, -0.25) is 9.90 Å². The SMILES string of the molecule is N[C@@H](CCCNC(=O)OCc1ccccc1)C(=O)Nc1cccc([O])c1. The second kappa shape index (κ2) is 10.0. The molecule has 137 valence electrons. The Labute approximate surface area is 152 Å². The van der Waals surface area contributed by atoms with Gasteiger partial charge in [0, 0.05) is 18.3 Å². The molecule has 0 unspecified atom stereocenters. The maximum Gasteiger partial charge on any atom is 0.407 e. The second-order valence-electron chi connectivity index (χ2n) is 5.75. The predicted octanol–water partition coefficient (Wildman–Crippen LogP) is 2.80. The second-order valence-corrected chi connectivity index (χ2v) is 5.75. The number of hydrogen-bond donors (Lipinski definition) is 3. The van der Waals surface area contributed by atoms with Gasteiger partial charge in [0.05, 0.1) is 6.04 Å². The summed E-state index contributed by atoms with van der Waals surface area (Å²) in [6, 6.07) is 14.6. The van der Waals surface area contributed by atoms with Crippen molar-refractivity contribution in [3.63, 3.8) is 0 Å². The van der Waals surface area contributed by atoms with Crippen molar-refractivity contribution in [1.29, 1.82) is 0 Å². The number of carbonyl (C=O) groups is 2. The lowest BCUT2D eigenvalue weighted by Gasteiger charge is -2.12. The van der Waals surface area contributed by atoms with Crippen molar-refractivity contribution in [2.45, 2.75) is 25.5 Å². The number of anilines is 1. The first-order valence-electron chi connectivity index (χ1n) is 8.32. The molecule has 1 atom stereocenters. The fourth-order valence-electron chi connectivity index (χ4n) is 2.23. The van der Waals surface area contributed by atoms with E-state index >= 15 is 0 Å². The minimum atomic E-state index is -0.729. The molecular weight excluding hydrogens is 334 g/mol. The Balaban J connectivity index is 1.61. The number of rotatable bonds is 8. The summed E-state index contributed by atoms with van der Waals surface area (Å²) in [4.78, 5) is 23.6. The molecule has 2 rings (SSSR count). The highest BCUT2D eigenvalue weighted by Gasteiger charge is 2.13. The van der Waals surface area contributed by atoms with E-state index in [1.54, 1.807) is 12.1 Å². The van der Waals surface area contributed by atoms with E-state index in [-0.39, 0.29) is 18.3 Å². The van der Waals surface area contributed by atoms with Crippen molar-refractivity contribution in [3.05, 3.63) is 60.2 Å². The molecule has 0 aliphatic heterocycles. The third-order valence-electron chi connectivity index (χ3n) is 3.61. The molecule has 7 heteroatoms. The van der Waals surface area contributed by atoms with E-state index in [4.69, 9.17) is 10.5 Å². The molecule has 0 spiro atoms. The van der Waals surface area contributed by atoms with E-state index in [0.717, 1.165) is 5.56 Å². The van der Waals surface area contributed by atoms with Crippen LogP contribution >= 0.6 is 0 Å². The van der Waals surface area contributed by atoms with E-state index in [2.05, 4.69) is 10.6 Å². The lowest BCUT2D eigenvalue weighted by molar-refractivity contribution is -0.117. The van der Waals surface area contributed by atoms with Crippen LogP contribution in [0.1, 0.15) is 18.4 Å². The topological polar surface area (TPSA) is 113 Å². The molecule has 26 heavy (non-hydrogen) atoms. The van der Waals surface area contributed by atoms with Gasteiger partial charge in [-0.1, -0.05) is 36.4 Å². The lowest BCUT2D eigenvalue weighted by atomic mass is 10.1. The zero-order valence-corrected chi connectivity index (χ0v) is 14.3. The largest absolute Gasteiger partial charge is 0.445 e. The van der Waals surface area contributed by atoms with Gasteiger partial charge >= 0.3 is 6.09 Å². The van der Waals surface area contributed by atoms with Crippen LogP contribution in [-0.4, -0.2) is 24.6 Å². The normalized spacial score (nSPS) is 11.4. The van der Waals surface area contributed by atoms with Crippen LogP contribution < -0.4 is 16.4 Å². The summed E-state index contributed by atoms with van der Waals surface area (Å²) < 4.78 is 5.08. The molecule has 0 saturated heterocycles. The molecular formula is C19H22N3O4. The van der Waals surface area contributed by atoms with Crippen LogP contribution in [0.3, 0.4) is 0 Å². The Morgan fingerprint density at radius 3 is 2.58 bits per heavy atom. The zero-order chi connectivity index (χ0) is 18.8. The Hall–Kier alpha value is -3.06. The maximum atomic E-state index is 12.0. The van der Waals surface area contributed by atoms with Gasteiger partial charge < -0.3 is 21.1 Å². The van der Waals surface area contributed by atoms with E-state index in [1.165, 1.54) is 12.1 Å². The number of carbonyl (C=O) groups excluding carboxylic acids is 2. The Morgan fingerprint density at radius 1 is 1.08 bits per heavy atom. The molecule has 0 fully saturated rings. The lowest BCUT2D eigenvalue weighted by Crippen LogP contribution is -2.36. The minimum absolute atomic E-state index is 0.186. The minimum Gasteiger partial charge on any atom is -0.445 e. The number of benzene rings is 2. The Kier molecular flexibility index (Phi) is 7.45. The quantitative estimate of drug-likeness (QED) is 0.631. The van der Waals surface area contributed by atoms with Gasteiger partial charge in [-0.15, -0.1) is 0 Å². The van der Waals surface area contributed by atoms with Crippen molar-refractivity contribution >= 4 is 17.7 Å². The van der Waals surface area contributed by atoms with Crippen LogP contribution in [0.25, 0.3) is 0 Å². The summed E-state index contributed by atoms with van der Waals surface area (Å²) in [5, 5.41) is 16.4. The average molecular weight is 356 g/mol. The number of nitrogens with one attached hydrogen (secondary N) is 2. The smallest absolute Gasteiger partial charge is 0.407 e. The van der Waals surface area contributed by atoms with Crippen molar-refractivity contribution in [2.24, 2.45) is 5.73 Å². The molecule has 0 aliphatic carbocycles. The summed E-state index contributed by atoms with van der Waals surface area (Å²) in [5.41, 5.74) is 7.14. The van der Waals surface area contributed by atoms with Gasteiger partial charge in [-0.05, 0) is 30.5 Å². The van der Waals surface area contributed by atoms with Gasteiger partial charge in [0.25, 0.3) is 0 Å². The van der Waals surface area contributed by atoms with Crippen LogP contribution in [0.15, 0.2) is 54.6 Å². The first-order chi connectivity index (χ1) is 12.5. The van der Waals surface area contributed by atoms with Crippen LogP contribution in [0, 0.1) is 0 Å². The van der Waals surface area contributed by atoms with E-state index < -0.39 is 12.1 Å².